The summed E-state index contributed by atoms with van der Waals surface area (Å²) in [6.45, 7) is 0. The molecule has 1 heterocycles. The zero-order valence-electron chi connectivity index (χ0n) is 10.6. The van der Waals surface area contributed by atoms with E-state index in [0.717, 1.165) is 29.3 Å². The zero-order chi connectivity index (χ0) is 12.5. The van der Waals surface area contributed by atoms with Crippen molar-refractivity contribution in [1.29, 1.82) is 0 Å². The van der Waals surface area contributed by atoms with Gasteiger partial charge in [-0.15, -0.1) is 12.4 Å². The molecule has 102 valence electrons. The lowest BCUT2D eigenvalue weighted by Crippen LogP contribution is -2.42. The normalized spacial score (nSPS) is 15.8. The van der Waals surface area contributed by atoms with E-state index < -0.39 is 6.04 Å². The Morgan fingerprint density at radius 3 is 2.89 bits per heavy atom. The van der Waals surface area contributed by atoms with Crippen molar-refractivity contribution in [2.75, 3.05) is 0 Å². The Hall–Kier alpha value is -1.52. The lowest BCUT2D eigenvalue weighted by Gasteiger charge is -2.11. The summed E-state index contributed by atoms with van der Waals surface area (Å²) < 4.78 is 0. The minimum Gasteiger partial charge on any atom is -0.361 e. The average Bonchev–Trinajstić information content (AvgIpc) is 3.10. The van der Waals surface area contributed by atoms with Crippen LogP contribution in [0.2, 0.25) is 0 Å². The van der Waals surface area contributed by atoms with Crippen LogP contribution in [0.25, 0.3) is 10.9 Å². The molecule has 1 aliphatic carbocycles. The van der Waals surface area contributed by atoms with Crippen molar-refractivity contribution in [2.24, 2.45) is 5.73 Å². The maximum atomic E-state index is 11.8. The highest BCUT2D eigenvalue weighted by atomic mass is 35.5. The number of hydrogen-bond acceptors (Lipinski definition) is 2. The Morgan fingerprint density at radius 2 is 2.16 bits per heavy atom. The molecule has 0 spiro atoms. The van der Waals surface area contributed by atoms with Crippen molar-refractivity contribution in [3.05, 3.63) is 36.0 Å². The summed E-state index contributed by atoms with van der Waals surface area (Å²) in [6.07, 6.45) is 4.69. The number of hydrogen-bond donors (Lipinski definition) is 3. The second kappa shape index (κ2) is 5.63. The monoisotopic (exact) mass is 279 g/mol. The molecule has 19 heavy (non-hydrogen) atoms. The van der Waals surface area contributed by atoms with E-state index in [1.807, 2.05) is 30.5 Å². The van der Waals surface area contributed by atoms with Crippen LogP contribution in [0.5, 0.6) is 0 Å². The summed E-state index contributed by atoms with van der Waals surface area (Å²) in [6, 6.07) is 7.95. The summed E-state index contributed by atoms with van der Waals surface area (Å²) in [5.41, 5.74) is 8.14. The number of rotatable bonds is 4. The topological polar surface area (TPSA) is 70.9 Å². The molecule has 0 saturated heterocycles. The van der Waals surface area contributed by atoms with Gasteiger partial charge in [0.15, 0.2) is 0 Å². The standard InChI is InChI=1S/C14H17N3O.ClH/c15-12(14(18)17-10-5-6-10)7-9-8-16-13-4-2-1-3-11(9)13;/h1-4,8,10,12,16H,5-7,15H2,(H,17,18);1H/t12-;/m0./s1. The van der Waals surface area contributed by atoms with Crippen LogP contribution >= 0.6 is 12.4 Å². The van der Waals surface area contributed by atoms with Gasteiger partial charge in [-0.2, -0.15) is 0 Å². The Balaban J connectivity index is 0.00000133. The van der Waals surface area contributed by atoms with Crippen molar-refractivity contribution in [2.45, 2.75) is 31.3 Å². The molecule has 1 fully saturated rings. The van der Waals surface area contributed by atoms with Crippen LogP contribution in [0.1, 0.15) is 18.4 Å². The van der Waals surface area contributed by atoms with Crippen LogP contribution in [0.15, 0.2) is 30.5 Å². The summed E-state index contributed by atoms with van der Waals surface area (Å²) in [4.78, 5) is 15.0. The number of nitrogens with one attached hydrogen (secondary N) is 2. The van der Waals surface area contributed by atoms with E-state index in [0.29, 0.717) is 12.5 Å². The molecular formula is C14H18ClN3O. The van der Waals surface area contributed by atoms with Gasteiger partial charge in [-0.3, -0.25) is 4.79 Å². The Bertz CT molecular complexity index is 577. The predicted octanol–water partition coefficient (Wildman–Crippen LogP) is 1.74. The second-order valence-electron chi connectivity index (χ2n) is 4.95. The minimum atomic E-state index is -0.468. The number of carbonyl (C=O) groups excluding carboxylic acids is 1. The number of H-pyrrole nitrogens is 1. The maximum Gasteiger partial charge on any atom is 0.237 e. The molecule has 4 nitrogen and oxygen atoms in total. The number of halogens is 1. The Morgan fingerprint density at radius 1 is 1.42 bits per heavy atom. The van der Waals surface area contributed by atoms with Crippen LogP contribution in [0.3, 0.4) is 0 Å². The third-order valence-corrected chi connectivity index (χ3v) is 3.38. The van der Waals surface area contributed by atoms with E-state index in [1.165, 1.54) is 0 Å². The molecule has 5 heteroatoms. The second-order valence-corrected chi connectivity index (χ2v) is 4.95. The van der Waals surface area contributed by atoms with Gasteiger partial charge in [0.25, 0.3) is 0 Å². The minimum absolute atomic E-state index is 0. The molecule has 3 rings (SSSR count). The number of para-hydroxylation sites is 1. The van der Waals surface area contributed by atoms with Crippen molar-refractivity contribution in [1.82, 2.24) is 10.3 Å². The third-order valence-electron chi connectivity index (χ3n) is 3.38. The fourth-order valence-corrected chi connectivity index (χ4v) is 2.17. The van der Waals surface area contributed by atoms with Gasteiger partial charge in [-0.05, 0) is 30.9 Å². The lowest BCUT2D eigenvalue weighted by atomic mass is 10.1. The summed E-state index contributed by atoms with van der Waals surface area (Å²) >= 11 is 0. The van der Waals surface area contributed by atoms with E-state index in [1.54, 1.807) is 0 Å². The molecule has 2 aromatic rings. The summed E-state index contributed by atoms with van der Waals surface area (Å²) in [5.74, 6) is -0.0391. The highest BCUT2D eigenvalue weighted by Gasteiger charge is 2.26. The first-order valence-electron chi connectivity index (χ1n) is 6.35. The predicted molar refractivity (Wildman–Crippen MR) is 78.4 cm³/mol. The van der Waals surface area contributed by atoms with Gasteiger partial charge < -0.3 is 16.0 Å². The van der Waals surface area contributed by atoms with Gasteiger partial charge in [-0.1, -0.05) is 18.2 Å². The molecule has 1 aliphatic rings. The maximum absolute atomic E-state index is 11.8. The highest BCUT2D eigenvalue weighted by Crippen LogP contribution is 2.20. The zero-order valence-corrected chi connectivity index (χ0v) is 11.4. The lowest BCUT2D eigenvalue weighted by molar-refractivity contribution is -0.122. The van der Waals surface area contributed by atoms with Crippen LogP contribution in [-0.2, 0) is 11.2 Å². The number of carbonyl (C=O) groups is 1. The molecule has 4 N–H and O–H groups in total. The summed E-state index contributed by atoms with van der Waals surface area (Å²) in [7, 11) is 0. The molecule has 1 aromatic carbocycles. The van der Waals surface area contributed by atoms with E-state index >= 15 is 0 Å². The molecule has 1 saturated carbocycles. The van der Waals surface area contributed by atoms with E-state index in [2.05, 4.69) is 10.3 Å². The molecule has 1 amide bonds. The molecule has 0 bridgehead atoms. The first-order chi connectivity index (χ1) is 8.74. The van der Waals surface area contributed by atoms with Gasteiger partial charge >= 0.3 is 0 Å². The SMILES string of the molecule is Cl.N[C@@H](Cc1c[nH]c2ccccc12)C(=O)NC1CC1. The van der Waals surface area contributed by atoms with Gasteiger partial charge in [0.2, 0.25) is 5.91 Å². The fourth-order valence-electron chi connectivity index (χ4n) is 2.17. The fraction of sp³-hybridized carbons (Fsp3) is 0.357. The largest absolute Gasteiger partial charge is 0.361 e. The Kier molecular flexibility index (Phi) is 4.12. The smallest absolute Gasteiger partial charge is 0.237 e. The van der Waals surface area contributed by atoms with Gasteiger partial charge in [0, 0.05) is 23.1 Å². The molecule has 0 unspecified atom stereocenters. The van der Waals surface area contributed by atoms with Crippen LogP contribution in [0, 0.1) is 0 Å². The number of aromatic amines is 1. The number of benzene rings is 1. The number of amides is 1. The summed E-state index contributed by atoms with van der Waals surface area (Å²) in [5, 5.41) is 4.09. The highest BCUT2D eigenvalue weighted by molar-refractivity contribution is 5.86. The van der Waals surface area contributed by atoms with Crippen molar-refractivity contribution >= 4 is 29.2 Å². The van der Waals surface area contributed by atoms with Crippen molar-refractivity contribution in [3.8, 4) is 0 Å². The quantitative estimate of drug-likeness (QED) is 0.798. The third kappa shape index (κ3) is 3.08. The first kappa shape index (κ1) is 13.9. The molecule has 0 radical (unpaired) electrons. The number of nitrogens with two attached hydrogens (primary N) is 1. The van der Waals surface area contributed by atoms with Gasteiger partial charge in [-0.25, -0.2) is 0 Å². The van der Waals surface area contributed by atoms with Crippen molar-refractivity contribution in [3.63, 3.8) is 0 Å². The van der Waals surface area contributed by atoms with E-state index in [9.17, 15) is 4.79 Å². The molecule has 1 aromatic heterocycles. The number of aromatic nitrogens is 1. The molecule has 1 atom stereocenters. The Labute approximate surface area is 118 Å². The van der Waals surface area contributed by atoms with Crippen LogP contribution < -0.4 is 11.1 Å². The van der Waals surface area contributed by atoms with E-state index in [4.69, 9.17) is 5.73 Å². The van der Waals surface area contributed by atoms with E-state index in [-0.39, 0.29) is 18.3 Å². The van der Waals surface area contributed by atoms with Gasteiger partial charge in [0.1, 0.15) is 0 Å². The average molecular weight is 280 g/mol. The van der Waals surface area contributed by atoms with Gasteiger partial charge in [0.05, 0.1) is 6.04 Å². The molecular weight excluding hydrogens is 262 g/mol. The van der Waals surface area contributed by atoms with Crippen molar-refractivity contribution < 1.29 is 4.79 Å². The molecule has 0 aliphatic heterocycles. The first-order valence-corrected chi connectivity index (χ1v) is 6.35. The van der Waals surface area contributed by atoms with Crippen LogP contribution in [0.4, 0.5) is 0 Å². The van der Waals surface area contributed by atoms with Crippen LogP contribution in [-0.4, -0.2) is 23.0 Å². The number of fused-ring (bicyclic) bond motifs is 1.